The first-order chi connectivity index (χ1) is 12.1. The smallest absolute Gasteiger partial charge is 0.255 e. The lowest BCUT2D eigenvalue weighted by atomic mass is 10.1. The average Bonchev–Trinajstić information content (AvgIpc) is 3.26. The first-order valence-electron chi connectivity index (χ1n) is 7.17. The second kappa shape index (κ2) is 6.27. The SMILES string of the molecule is O=C(Nc1cccc(Cl)c1-n1cncn1)c1cc(Cl)c2c(c1)OCO2. The molecule has 0 fully saturated rings. The molecule has 1 aliphatic heterocycles. The summed E-state index contributed by atoms with van der Waals surface area (Å²) in [5.41, 5.74) is 1.33. The van der Waals surface area contributed by atoms with E-state index in [0.29, 0.717) is 38.5 Å². The predicted octanol–water partition coefficient (Wildman–Crippen LogP) is 3.56. The van der Waals surface area contributed by atoms with Crippen molar-refractivity contribution in [3.8, 4) is 17.2 Å². The molecule has 0 atom stereocenters. The van der Waals surface area contributed by atoms with Gasteiger partial charge in [0.25, 0.3) is 5.91 Å². The number of anilines is 1. The number of nitrogens with one attached hydrogen (secondary N) is 1. The van der Waals surface area contributed by atoms with Gasteiger partial charge >= 0.3 is 0 Å². The summed E-state index contributed by atoms with van der Waals surface area (Å²) in [5.74, 6) is 0.494. The van der Waals surface area contributed by atoms with Crippen LogP contribution in [-0.2, 0) is 0 Å². The van der Waals surface area contributed by atoms with Gasteiger partial charge in [-0.1, -0.05) is 29.3 Å². The number of halogens is 2. The zero-order valence-corrected chi connectivity index (χ0v) is 14.1. The van der Waals surface area contributed by atoms with Gasteiger partial charge in [-0.15, -0.1) is 0 Å². The third-order valence-corrected chi connectivity index (χ3v) is 4.16. The molecule has 126 valence electrons. The molecule has 4 rings (SSSR count). The van der Waals surface area contributed by atoms with Gasteiger partial charge in [-0.2, -0.15) is 5.10 Å². The van der Waals surface area contributed by atoms with Crippen LogP contribution in [0.15, 0.2) is 43.0 Å². The van der Waals surface area contributed by atoms with Crippen molar-refractivity contribution in [3.63, 3.8) is 0 Å². The molecule has 0 spiro atoms. The highest BCUT2D eigenvalue weighted by molar-refractivity contribution is 6.33. The van der Waals surface area contributed by atoms with E-state index in [9.17, 15) is 4.79 Å². The molecule has 2 heterocycles. The molecule has 7 nitrogen and oxygen atoms in total. The number of fused-ring (bicyclic) bond motifs is 1. The Morgan fingerprint density at radius 2 is 2.08 bits per heavy atom. The van der Waals surface area contributed by atoms with Crippen LogP contribution in [0.4, 0.5) is 5.69 Å². The standard InChI is InChI=1S/C16H10Cl2N4O3/c17-10-2-1-3-12(14(10)22-7-19-6-20-22)21-16(23)9-4-11(18)15-13(5-9)24-8-25-15/h1-7H,8H2,(H,21,23). The summed E-state index contributed by atoms with van der Waals surface area (Å²) in [6, 6.07) is 8.24. The molecule has 25 heavy (non-hydrogen) atoms. The zero-order valence-electron chi connectivity index (χ0n) is 12.6. The molecule has 0 radical (unpaired) electrons. The Morgan fingerprint density at radius 1 is 1.20 bits per heavy atom. The maximum atomic E-state index is 12.6. The van der Waals surface area contributed by atoms with Crippen molar-refractivity contribution in [2.24, 2.45) is 0 Å². The number of amides is 1. The fourth-order valence-electron chi connectivity index (χ4n) is 2.47. The molecule has 0 bridgehead atoms. The van der Waals surface area contributed by atoms with Gasteiger partial charge in [0.15, 0.2) is 11.5 Å². The van der Waals surface area contributed by atoms with Crippen LogP contribution in [0.5, 0.6) is 11.5 Å². The van der Waals surface area contributed by atoms with Crippen molar-refractivity contribution in [1.29, 1.82) is 0 Å². The Hall–Kier alpha value is -2.77. The lowest BCUT2D eigenvalue weighted by Gasteiger charge is -2.12. The van der Waals surface area contributed by atoms with Gasteiger partial charge in [0.2, 0.25) is 6.79 Å². The molecule has 0 saturated heterocycles. The maximum Gasteiger partial charge on any atom is 0.255 e. The lowest BCUT2D eigenvalue weighted by molar-refractivity contribution is 0.102. The highest BCUT2D eigenvalue weighted by atomic mass is 35.5. The number of hydrogen-bond donors (Lipinski definition) is 1. The van der Waals surface area contributed by atoms with E-state index in [1.165, 1.54) is 23.4 Å². The quantitative estimate of drug-likeness (QED) is 0.755. The van der Waals surface area contributed by atoms with Crippen LogP contribution < -0.4 is 14.8 Å². The van der Waals surface area contributed by atoms with E-state index in [0.717, 1.165) is 0 Å². The largest absolute Gasteiger partial charge is 0.454 e. The first kappa shape index (κ1) is 15.7. The van der Waals surface area contributed by atoms with E-state index in [2.05, 4.69) is 15.4 Å². The van der Waals surface area contributed by atoms with Crippen molar-refractivity contribution < 1.29 is 14.3 Å². The molecular weight excluding hydrogens is 367 g/mol. The Labute approximate surface area is 152 Å². The number of rotatable bonds is 3. The normalized spacial score (nSPS) is 12.2. The first-order valence-corrected chi connectivity index (χ1v) is 7.93. The van der Waals surface area contributed by atoms with Crippen LogP contribution in [0.25, 0.3) is 5.69 Å². The number of hydrogen-bond acceptors (Lipinski definition) is 5. The van der Waals surface area contributed by atoms with E-state index in [-0.39, 0.29) is 12.7 Å². The molecule has 0 unspecified atom stereocenters. The summed E-state index contributed by atoms with van der Waals surface area (Å²) in [6.45, 7) is 0.0743. The summed E-state index contributed by atoms with van der Waals surface area (Å²) >= 11 is 12.4. The minimum atomic E-state index is -0.371. The van der Waals surface area contributed by atoms with Gasteiger partial charge in [-0.05, 0) is 24.3 Å². The highest BCUT2D eigenvalue weighted by Crippen LogP contribution is 2.40. The summed E-state index contributed by atoms with van der Waals surface area (Å²) < 4.78 is 12.0. The molecule has 0 aliphatic carbocycles. The van der Waals surface area contributed by atoms with E-state index in [1.54, 1.807) is 24.3 Å². The third-order valence-electron chi connectivity index (χ3n) is 3.57. The van der Waals surface area contributed by atoms with Crippen LogP contribution in [0.1, 0.15) is 10.4 Å². The fourth-order valence-corrected chi connectivity index (χ4v) is 2.99. The Morgan fingerprint density at radius 3 is 2.88 bits per heavy atom. The summed E-state index contributed by atoms with van der Waals surface area (Å²) in [6.07, 6.45) is 2.88. The van der Waals surface area contributed by atoms with Crippen LogP contribution in [0, 0.1) is 0 Å². The minimum Gasteiger partial charge on any atom is -0.454 e. The van der Waals surface area contributed by atoms with Crippen molar-refractivity contribution in [2.45, 2.75) is 0 Å². The van der Waals surface area contributed by atoms with Crippen LogP contribution in [-0.4, -0.2) is 27.5 Å². The number of ether oxygens (including phenoxy) is 2. The monoisotopic (exact) mass is 376 g/mol. The molecule has 9 heteroatoms. The number of para-hydroxylation sites is 1. The maximum absolute atomic E-state index is 12.6. The third kappa shape index (κ3) is 2.88. The predicted molar refractivity (Wildman–Crippen MR) is 91.9 cm³/mol. The summed E-state index contributed by atoms with van der Waals surface area (Å²) in [4.78, 5) is 16.5. The molecule has 3 aromatic rings. The lowest BCUT2D eigenvalue weighted by Crippen LogP contribution is -2.14. The summed E-state index contributed by atoms with van der Waals surface area (Å²) in [5, 5.41) is 7.60. The van der Waals surface area contributed by atoms with E-state index in [1.807, 2.05) is 0 Å². The molecule has 1 amide bonds. The number of nitrogens with zero attached hydrogens (tertiary/aromatic N) is 3. The van der Waals surface area contributed by atoms with Gasteiger partial charge in [0.05, 0.1) is 15.7 Å². The second-order valence-corrected chi connectivity index (χ2v) is 5.94. The van der Waals surface area contributed by atoms with Crippen LogP contribution in [0.2, 0.25) is 10.0 Å². The van der Waals surface area contributed by atoms with Crippen LogP contribution in [0.3, 0.4) is 0 Å². The van der Waals surface area contributed by atoms with E-state index >= 15 is 0 Å². The molecule has 1 aliphatic rings. The number of carbonyl (C=O) groups excluding carboxylic acids is 1. The zero-order chi connectivity index (χ0) is 17.4. The molecule has 0 saturated carbocycles. The average molecular weight is 377 g/mol. The van der Waals surface area contributed by atoms with Crippen LogP contribution >= 0.6 is 23.2 Å². The molecule has 1 N–H and O–H groups in total. The Balaban J connectivity index is 1.69. The fraction of sp³-hybridized carbons (Fsp3) is 0.0625. The van der Waals surface area contributed by atoms with Gasteiger partial charge in [-0.25, -0.2) is 9.67 Å². The van der Waals surface area contributed by atoms with E-state index in [4.69, 9.17) is 32.7 Å². The Bertz CT molecular complexity index is 960. The second-order valence-electron chi connectivity index (χ2n) is 5.12. The number of benzene rings is 2. The number of carbonyl (C=O) groups is 1. The molecule has 1 aromatic heterocycles. The van der Waals surface area contributed by atoms with Crippen molar-refractivity contribution in [3.05, 3.63) is 58.6 Å². The van der Waals surface area contributed by atoms with Gasteiger partial charge < -0.3 is 14.8 Å². The highest BCUT2D eigenvalue weighted by Gasteiger charge is 2.21. The van der Waals surface area contributed by atoms with Gasteiger partial charge in [0.1, 0.15) is 18.3 Å². The molecular formula is C16H10Cl2N4O3. The topological polar surface area (TPSA) is 78.3 Å². The summed E-state index contributed by atoms with van der Waals surface area (Å²) in [7, 11) is 0. The van der Waals surface area contributed by atoms with Gasteiger partial charge in [-0.3, -0.25) is 4.79 Å². The van der Waals surface area contributed by atoms with Crippen molar-refractivity contribution in [2.75, 3.05) is 12.1 Å². The Kier molecular flexibility index (Phi) is 3.95. The molecule has 2 aromatic carbocycles. The van der Waals surface area contributed by atoms with Gasteiger partial charge in [0, 0.05) is 5.56 Å². The minimum absolute atomic E-state index is 0.0743. The van der Waals surface area contributed by atoms with E-state index < -0.39 is 0 Å². The van der Waals surface area contributed by atoms with Crippen molar-refractivity contribution >= 4 is 34.8 Å². The number of aromatic nitrogens is 3. The van der Waals surface area contributed by atoms with Crippen molar-refractivity contribution in [1.82, 2.24) is 14.8 Å².